The van der Waals surface area contributed by atoms with E-state index in [1.54, 1.807) is 0 Å². The number of amides is 2. The maximum absolute atomic E-state index is 12.9. The number of ether oxygens (including phenoxy) is 1. The largest absolute Gasteiger partial charge is 0.381 e. The van der Waals surface area contributed by atoms with Crippen molar-refractivity contribution in [3.05, 3.63) is 30.3 Å². The van der Waals surface area contributed by atoms with Gasteiger partial charge in [-0.3, -0.25) is 0 Å². The molecule has 1 aliphatic heterocycles. The van der Waals surface area contributed by atoms with Gasteiger partial charge in [0, 0.05) is 34.9 Å². The predicted molar refractivity (Wildman–Crippen MR) is 113 cm³/mol. The molecular weight excluding hydrogens is 368 g/mol. The third kappa shape index (κ3) is 3.93. The van der Waals surface area contributed by atoms with E-state index in [1.807, 2.05) is 11.8 Å². The molecule has 2 N–H and O–H groups in total. The van der Waals surface area contributed by atoms with Gasteiger partial charge in [-0.15, -0.1) is 11.8 Å². The average Bonchev–Trinajstić information content (AvgIpc) is 2.67. The quantitative estimate of drug-likeness (QED) is 0.760. The van der Waals surface area contributed by atoms with Gasteiger partial charge in [0.2, 0.25) is 0 Å². The number of thioether (sulfide) groups is 1. The van der Waals surface area contributed by atoms with Crippen molar-refractivity contribution in [2.24, 2.45) is 17.8 Å². The van der Waals surface area contributed by atoms with Crippen molar-refractivity contribution in [1.29, 1.82) is 0 Å². The fourth-order valence-electron chi connectivity index (χ4n) is 6.59. The third-order valence-electron chi connectivity index (χ3n) is 7.47. The summed E-state index contributed by atoms with van der Waals surface area (Å²) in [4.78, 5) is 14.2. The zero-order valence-electron chi connectivity index (χ0n) is 16.6. The van der Waals surface area contributed by atoms with Crippen molar-refractivity contribution < 1.29 is 9.53 Å². The second-order valence-electron chi connectivity index (χ2n) is 9.72. The highest BCUT2D eigenvalue weighted by Gasteiger charge is 2.51. The van der Waals surface area contributed by atoms with Crippen LogP contribution >= 0.6 is 11.8 Å². The van der Waals surface area contributed by atoms with Gasteiger partial charge in [0.1, 0.15) is 0 Å². The highest BCUT2D eigenvalue weighted by Crippen LogP contribution is 2.55. The molecule has 28 heavy (non-hydrogen) atoms. The van der Waals surface area contributed by atoms with E-state index in [1.165, 1.54) is 43.4 Å². The second-order valence-corrected chi connectivity index (χ2v) is 11.3. The number of benzene rings is 1. The number of hydrogen-bond acceptors (Lipinski definition) is 3. The highest BCUT2D eigenvalue weighted by atomic mass is 32.2. The Bertz CT molecular complexity index is 667. The SMILES string of the molecule is O=C(NCC1(Sc2ccccc2)CCOCC1)NC12CC3CC(CC(C3)C1)C2. The lowest BCUT2D eigenvalue weighted by atomic mass is 9.53. The highest BCUT2D eigenvalue weighted by molar-refractivity contribution is 8.00. The Hall–Kier alpha value is -1.20. The summed E-state index contributed by atoms with van der Waals surface area (Å²) in [5.74, 6) is 2.55. The zero-order chi connectivity index (χ0) is 19.0. The van der Waals surface area contributed by atoms with Gasteiger partial charge in [0.25, 0.3) is 0 Å². The van der Waals surface area contributed by atoms with Crippen LogP contribution in [0.2, 0.25) is 0 Å². The lowest BCUT2D eigenvalue weighted by molar-refractivity contribution is -0.0136. The molecule has 1 saturated heterocycles. The van der Waals surface area contributed by atoms with Gasteiger partial charge in [0.05, 0.1) is 0 Å². The summed E-state index contributed by atoms with van der Waals surface area (Å²) in [7, 11) is 0. The van der Waals surface area contributed by atoms with E-state index in [0.717, 1.165) is 43.8 Å². The molecule has 152 valence electrons. The number of carbonyl (C=O) groups excluding carboxylic acids is 1. The Morgan fingerprint density at radius 1 is 1.00 bits per heavy atom. The smallest absolute Gasteiger partial charge is 0.315 e. The second kappa shape index (κ2) is 7.56. The molecule has 5 aliphatic rings. The minimum absolute atomic E-state index is 0.0262. The van der Waals surface area contributed by atoms with Gasteiger partial charge < -0.3 is 15.4 Å². The van der Waals surface area contributed by atoms with E-state index in [2.05, 4.69) is 41.0 Å². The Kier molecular flexibility index (Phi) is 5.08. The number of hydrogen-bond donors (Lipinski definition) is 2. The average molecular weight is 401 g/mol. The molecule has 2 amide bonds. The summed E-state index contributed by atoms with van der Waals surface area (Å²) >= 11 is 1.90. The van der Waals surface area contributed by atoms with Crippen molar-refractivity contribution in [2.45, 2.75) is 66.5 Å². The van der Waals surface area contributed by atoms with Crippen LogP contribution in [0.1, 0.15) is 51.4 Å². The molecule has 4 bridgehead atoms. The van der Waals surface area contributed by atoms with E-state index >= 15 is 0 Å². The van der Waals surface area contributed by atoms with E-state index < -0.39 is 0 Å². The zero-order valence-corrected chi connectivity index (χ0v) is 17.4. The minimum Gasteiger partial charge on any atom is -0.381 e. The monoisotopic (exact) mass is 400 g/mol. The minimum atomic E-state index is 0.0262. The van der Waals surface area contributed by atoms with Crippen LogP contribution in [-0.4, -0.2) is 36.1 Å². The molecule has 0 spiro atoms. The van der Waals surface area contributed by atoms with Crippen LogP contribution < -0.4 is 10.6 Å². The van der Waals surface area contributed by atoms with Gasteiger partial charge in [0.15, 0.2) is 0 Å². The molecule has 0 atom stereocenters. The van der Waals surface area contributed by atoms with Crippen LogP contribution in [-0.2, 0) is 4.74 Å². The Balaban J connectivity index is 1.22. The molecule has 0 radical (unpaired) electrons. The maximum atomic E-state index is 12.9. The topological polar surface area (TPSA) is 50.4 Å². The molecule has 4 saturated carbocycles. The van der Waals surface area contributed by atoms with Gasteiger partial charge in [-0.25, -0.2) is 4.79 Å². The Morgan fingerprint density at radius 3 is 2.21 bits per heavy atom. The van der Waals surface area contributed by atoms with Crippen molar-refractivity contribution in [1.82, 2.24) is 10.6 Å². The molecule has 5 heteroatoms. The van der Waals surface area contributed by atoms with Gasteiger partial charge in [-0.1, -0.05) is 18.2 Å². The van der Waals surface area contributed by atoms with Crippen LogP contribution in [0.4, 0.5) is 4.79 Å². The summed E-state index contributed by atoms with van der Waals surface area (Å²) in [5, 5.41) is 6.72. The molecule has 1 aromatic rings. The lowest BCUT2D eigenvalue weighted by Crippen LogP contribution is -2.62. The molecular formula is C23H32N2O2S. The van der Waals surface area contributed by atoms with Gasteiger partial charge in [-0.05, 0) is 81.3 Å². The maximum Gasteiger partial charge on any atom is 0.315 e. The molecule has 0 aromatic heterocycles. The van der Waals surface area contributed by atoms with Crippen molar-refractivity contribution in [2.75, 3.05) is 19.8 Å². The van der Waals surface area contributed by atoms with E-state index in [0.29, 0.717) is 6.54 Å². The first-order valence-corrected chi connectivity index (χ1v) is 11.8. The summed E-state index contributed by atoms with van der Waals surface area (Å²) in [6.45, 7) is 2.25. The first kappa shape index (κ1) is 18.8. The van der Waals surface area contributed by atoms with Crippen LogP contribution in [0.25, 0.3) is 0 Å². The Morgan fingerprint density at radius 2 is 1.61 bits per heavy atom. The molecule has 0 unspecified atom stereocenters. The fraction of sp³-hybridized carbons (Fsp3) is 0.696. The van der Waals surface area contributed by atoms with Crippen LogP contribution in [0.15, 0.2) is 35.2 Å². The standard InChI is InChI=1S/C23H32N2O2S/c26-21(25-22-13-17-10-18(14-22)12-19(11-17)15-22)24-16-23(6-8-27-9-7-23)28-20-4-2-1-3-5-20/h1-5,17-19H,6-16H2,(H2,24,25,26). The van der Waals surface area contributed by atoms with Gasteiger partial charge in [-0.2, -0.15) is 0 Å². The summed E-state index contributed by atoms with van der Waals surface area (Å²) in [6, 6.07) is 10.6. The predicted octanol–water partition coefficient (Wildman–Crippen LogP) is 4.60. The van der Waals surface area contributed by atoms with Gasteiger partial charge >= 0.3 is 6.03 Å². The molecule has 5 fully saturated rings. The molecule has 4 aliphatic carbocycles. The summed E-state index contributed by atoms with van der Waals surface area (Å²) < 4.78 is 5.64. The van der Waals surface area contributed by atoms with E-state index in [-0.39, 0.29) is 16.3 Å². The number of urea groups is 1. The third-order valence-corrected chi connectivity index (χ3v) is 8.96. The van der Waals surface area contributed by atoms with Crippen LogP contribution in [0, 0.1) is 17.8 Å². The molecule has 1 aromatic carbocycles. The first-order valence-electron chi connectivity index (χ1n) is 11.0. The van der Waals surface area contributed by atoms with E-state index in [4.69, 9.17) is 4.74 Å². The van der Waals surface area contributed by atoms with Crippen molar-refractivity contribution in [3.63, 3.8) is 0 Å². The van der Waals surface area contributed by atoms with Crippen LogP contribution in [0.5, 0.6) is 0 Å². The normalized spacial score (nSPS) is 35.5. The van der Waals surface area contributed by atoms with E-state index in [9.17, 15) is 4.79 Å². The van der Waals surface area contributed by atoms with Crippen LogP contribution in [0.3, 0.4) is 0 Å². The molecule has 6 rings (SSSR count). The first-order chi connectivity index (χ1) is 13.6. The molecule has 1 heterocycles. The van der Waals surface area contributed by atoms with Crippen molar-refractivity contribution in [3.8, 4) is 0 Å². The Labute approximate surface area is 172 Å². The fourth-order valence-corrected chi connectivity index (χ4v) is 7.90. The number of nitrogens with one attached hydrogen (secondary N) is 2. The summed E-state index contributed by atoms with van der Waals surface area (Å²) in [6.07, 6.45) is 9.76. The molecule has 4 nitrogen and oxygen atoms in total. The number of rotatable bonds is 5. The number of carbonyl (C=O) groups is 1. The van der Waals surface area contributed by atoms with Crippen molar-refractivity contribution >= 4 is 17.8 Å². The lowest BCUT2D eigenvalue weighted by Gasteiger charge is -2.56. The summed E-state index contributed by atoms with van der Waals surface area (Å²) in [5.41, 5.74) is 0.0776.